The van der Waals surface area contributed by atoms with Gasteiger partial charge in [0.2, 0.25) is 0 Å². The lowest BCUT2D eigenvalue weighted by atomic mass is 10.1. The molecular formula is C17H14BrFN2O2. The van der Waals surface area contributed by atoms with Crippen molar-refractivity contribution in [3.05, 3.63) is 52.9 Å². The third-order valence-corrected chi connectivity index (χ3v) is 3.94. The van der Waals surface area contributed by atoms with Crippen LogP contribution in [0.5, 0.6) is 11.5 Å². The molecule has 0 aliphatic carbocycles. The van der Waals surface area contributed by atoms with Crippen molar-refractivity contribution >= 4 is 38.2 Å². The number of aromatic nitrogens is 1. The molecule has 1 aromatic heterocycles. The Morgan fingerprint density at radius 3 is 2.43 bits per heavy atom. The number of ether oxygens (including phenoxy) is 2. The first-order valence-electron chi connectivity index (χ1n) is 6.85. The molecule has 0 spiro atoms. The van der Waals surface area contributed by atoms with Gasteiger partial charge >= 0.3 is 0 Å². The second-order valence-electron chi connectivity index (χ2n) is 4.83. The van der Waals surface area contributed by atoms with Gasteiger partial charge in [-0.1, -0.05) is 15.9 Å². The Hall–Kier alpha value is -2.34. The molecule has 1 heterocycles. The van der Waals surface area contributed by atoms with E-state index >= 15 is 0 Å². The minimum atomic E-state index is -0.343. The zero-order valence-electron chi connectivity index (χ0n) is 12.6. The van der Waals surface area contributed by atoms with Crippen LogP contribution in [0, 0.1) is 5.82 Å². The van der Waals surface area contributed by atoms with Gasteiger partial charge in [0.25, 0.3) is 0 Å². The van der Waals surface area contributed by atoms with E-state index in [2.05, 4.69) is 26.2 Å². The van der Waals surface area contributed by atoms with Crippen molar-refractivity contribution in [2.75, 3.05) is 19.5 Å². The Balaban J connectivity index is 2.10. The smallest absolute Gasteiger partial charge is 0.162 e. The molecule has 0 atom stereocenters. The normalized spacial score (nSPS) is 10.6. The van der Waals surface area contributed by atoms with Crippen LogP contribution in [-0.2, 0) is 0 Å². The molecule has 0 aliphatic rings. The Kier molecular flexibility index (Phi) is 4.34. The van der Waals surface area contributed by atoms with Crippen LogP contribution in [0.3, 0.4) is 0 Å². The zero-order chi connectivity index (χ0) is 16.4. The predicted octanol–water partition coefficient (Wildman–Crippen LogP) is 4.90. The van der Waals surface area contributed by atoms with Crippen molar-refractivity contribution in [1.29, 1.82) is 0 Å². The largest absolute Gasteiger partial charge is 0.493 e. The lowest BCUT2D eigenvalue weighted by molar-refractivity contribution is 0.356. The number of methoxy groups -OCH3 is 2. The van der Waals surface area contributed by atoms with Crippen LogP contribution in [0.4, 0.5) is 15.8 Å². The molecule has 0 saturated carbocycles. The maximum atomic E-state index is 14.0. The van der Waals surface area contributed by atoms with Gasteiger partial charge in [-0.2, -0.15) is 0 Å². The summed E-state index contributed by atoms with van der Waals surface area (Å²) < 4.78 is 25.3. The fraction of sp³-hybridized carbons (Fsp3) is 0.118. The Labute approximate surface area is 141 Å². The molecular weight excluding hydrogens is 363 g/mol. The maximum Gasteiger partial charge on any atom is 0.162 e. The van der Waals surface area contributed by atoms with E-state index in [0.29, 0.717) is 21.7 Å². The first-order valence-corrected chi connectivity index (χ1v) is 7.64. The summed E-state index contributed by atoms with van der Waals surface area (Å²) >= 11 is 3.25. The molecule has 118 valence electrons. The number of anilines is 2. The highest BCUT2D eigenvalue weighted by Gasteiger charge is 2.11. The van der Waals surface area contributed by atoms with Crippen LogP contribution < -0.4 is 14.8 Å². The van der Waals surface area contributed by atoms with Gasteiger partial charge < -0.3 is 14.8 Å². The highest BCUT2D eigenvalue weighted by Crippen LogP contribution is 2.35. The van der Waals surface area contributed by atoms with E-state index in [-0.39, 0.29) is 5.82 Å². The molecule has 6 heteroatoms. The topological polar surface area (TPSA) is 43.4 Å². The summed E-state index contributed by atoms with van der Waals surface area (Å²) in [6.45, 7) is 0. The van der Waals surface area contributed by atoms with Crippen molar-refractivity contribution < 1.29 is 13.9 Å². The van der Waals surface area contributed by atoms with Crippen LogP contribution in [0.15, 0.2) is 47.1 Å². The fourth-order valence-corrected chi connectivity index (χ4v) is 2.65. The highest BCUT2D eigenvalue weighted by molar-refractivity contribution is 9.10. The molecule has 0 saturated heterocycles. The number of hydrogen-bond acceptors (Lipinski definition) is 4. The molecule has 23 heavy (non-hydrogen) atoms. The minimum Gasteiger partial charge on any atom is -0.493 e. The van der Waals surface area contributed by atoms with Gasteiger partial charge in [0.1, 0.15) is 5.82 Å². The Bertz CT molecular complexity index is 871. The summed E-state index contributed by atoms with van der Waals surface area (Å²) in [5, 5.41) is 3.91. The molecule has 3 aromatic rings. The average molecular weight is 377 g/mol. The summed E-state index contributed by atoms with van der Waals surface area (Å²) in [7, 11) is 3.14. The number of hydrogen-bond donors (Lipinski definition) is 1. The van der Waals surface area contributed by atoms with E-state index in [1.54, 1.807) is 44.7 Å². The van der Waals surface area contributed by atoms with E-state index in [9.17, 15) is 4.39 Å². The third-order valence-electron chi connectivity index (χ3n) is 3.45. The van der Waals surface area contributed by atoms with Gasteiger partial charge in [-0.05, 0) is 30.3 Å². The number of benzene rings is 2. The van der Waals surface area contributed by atoms with Crippen molar-refractivity contribution in [2.24, 2.45) is 0 Å². The molecule has 0 radical (unpaired) electrons. The Morgan fingerprint density at radius 1 is 1.00 bits per heavy atom. The predicted molar refractivity (Wildman–Crippen MR) is 92.2 cm³/mol. The van der Waals surface area contributed by atoms with Crippen LogP contribution >= 0.6 is 15.9 Å². The van der Waals surface area contributed by atoms with Crippen molar-refractivity contribution in [3.63, 3.8) is 0 Å². The summed E-state index contributed by atoms with van der Waals surface area (Å²) in [4.78, 5) is 4.33. The molecule has 2 aromatic carbocycles. The van der Waals surface area contributed by atoms with Gasteiger partial charge in [-0.25, -0.2) is 4.39 Å². The van der Waals surface area contributed by atoms with E-state index in [1.165, 1.54) is 6.07 Å². The van der Waals surface area contributed by atoms with E-state index < -0.39 is 0 Å². The quantitative estimate of drug-likeness (QED) is 0.703. The SMILES string of the molecule is COc1cc2nccc(Nc3ccc(Br)cc3F)c2cc1OC. The van der Waals surface area contributed by atoms with E-state index in [1.807, 2.05) is 6.07 Å². The number of halogens is 2. The monoisotopic (exact) mass is 376 g/mol. The second-order valence-corrected chi connectivity index (χ2v) is 5.75. The molecule has 0 fully saturated rings. The molecule has 4 nitrogen and oxygen atoms in total. The zero-order valence-corrected chi connectivity index (χ0v) is 14.1. The molecule has 0 aliphatic heterocycles. The number of pyridine rings is 1. The fourth-order valence-electron chi connectivity index (χ4n) is 2.32. The number of rotatable bonds is 4. The molecule has 0 amide bonds. The van der Waals surface area contributed by atoms with E-state index in [0.717, 1.165) is 16.6 Å². The number of nitrogens with one attached hydrogen (secondary N) is 1. The summed E-state index contributed by atoms with van der Waals surface area (Å²) in [6.07, 6.45) is 1.66. The second kappa shape index (κ2) is 6.42. The van der Waals surface area contributed by atoms with Gasteiger partial charge in [0, 0.05) is 27.8 Å². The van der Waals surface area contributed by atoms with Gasteiger partial charge in [-0.15, -0.1) is 0 Å². The van der Waals surface area contributed by atoms with Gasteiger partial charge in [-0.3, -0.25) is 4.98 Å². The van der Waals surface area contributed by atoms with Crippen molar-refractivity contribution in [1.82, 2.24) is 4.98 Å². The molecule has 1 N–H and O–H groups in total. The molecule has 3 rings (SSSR count). The average Bonchev–Trinajstić information content (AvgIpc) is 2.56. The van der Waals surface area contributed by atoms with Gasteiger partial charge in [0.15, 0.2) is 11.5 Å². The van der Waals surface area contributed by atoms with E-state index in [4.69, 9.17) is 9.47 Å². The first-order chi connectivity index (χ1) is 11.1. The Morgan fingerprint density at radius 2 is 1.74 bits per heavy atom. The van der Waals surface area contributed by atoms with Crippen LogP contribution in [0.2, 0.25) is 0 Å². The highest BCUT2D eigenvalue weighted by atomic mass is 79.9. The van der Waals surface area contributed by atoms with Crippen molar-refractivity contribution in [3.8, 4) is 11.5 Å². The number of fused-ring (bicyclic) bond motifs is 1. The summed E-state index contributed by atoms with van der Waals surface area (Å²) in [5.41, 5.74) is 1.85. The number of nitrogens with zero attached hydrogens (tertiary/aromatic N) is 1. The maximum absolute atomic E-state index is 14.0. The van der Waals surface area contributed by atoms with Crippen molar-refractivity contribution in [2.45, 2.75) is 0 Å². The third kappa shape index (κ3) is 3.07. The minimum absolute atomic E-state index is 0.343. The van der Waals surface area contributed by atoms with Crippen LogP contribution in [0.25, 0.3) is 10.9 Å². The van der Waals surface area contributed by atoms with Crippen LogP contribution in [-0.4, -0.2) is 19.2 Å². The summed E-state index contributed by atoms with van der Waals surface area (Å²) in [6, 6.07) is 10.3. The first kappa shape index (κ1) is 15.6. The van der Waals surface area contributed by atoms with Crippen LogP contribution in [0.1, 0.15) is 0 Å². The summed E-state index contributed by atoms with van der Waals surface area (Å²) in [5.74, 6) is 0.844. The lowest BCUT2D eigenvalue weighted by Gasteiger charge is -2.13. The van der Waals surface area contributed by atoms with Gasteiger partial charge in [0.05, 0.1) is 25.4 Å². The lowest BCUT2D eigenvalue weighted by Crippen LogP contribution is -1.97. The standard InChI is InChI=1S/C17H14BrFN2O2/c1-22-16-8-11-13(5-6-20-15(11)9-17(16)23-2)21-14-4-3-10(18)7-12(14)19/h3-9H,1-2H3,(H,20,21). The molecule has 0 bridgehead atoms. The molecule has 0 unspecified atom stereocenters.